The molecule has 0 aliphatic carbocycles. The zero-order chi connectivity index (χ0) is 14.5. The lowest BCUT2D eigenvalue weighted by Gasteiger charge is -2.16. The van der Waals surface area contributed by atoms with Gasteiger partial charge in [-0.1, -0.05) is 68.3 Å². The van der Waals surface area contributed by atoms with Gasteiger partial charge in [0.1, 0.15) is 0 Å². The number of rotatable bonds is 5. The highest BCUT2D eigenvalue weighted by Gasteiger charge is 2.11. The second kappa shape index (κ2) is 7.42. The highest BCUT2D eigenvalue weighted by Crippen LogP contribution is 2.23. The number of halogens is 2. The molecule has 0 saturated carbocycles. The van der Waals surface area contributed by atoms with Crippen LogP contribution in [0.3, 0.4) is 0 Å². The number of aryl methyl sites for hydroxylation is 2. The second-order valence-corrected chi connectivity index (χ2v) is 6.94. The summed E-state index contributed by atoms with van der Waals surface area (Å²) in [6.45, 7) is 4.36. The van der Waals surface area contributed by atoms with Crippen LogP contribution in [0.4, 0.5) is 0 Å². The Labute approximate surface area is 138 Å². The van der Waals surface area contributed by atoms with Crippen LogP contribution in [-0.4, -0.2) is 5.33 Å². The van der Waals surface area contributed by atoms with E-state index in [0.717, 1.165) is 18.2 Å². The van der Waals surface area contributed by atoms with E-state index in [1.54, 1.807) is 0 Å². The minimum absolute atomic E-state index is 0.621. The first kappa shape index (κ1) is 15.8. The molecule has 0 aromatic heterocycles. The third-order valence-electron chi connectivity index (χ3n) is 3.78. The Balaban J connectivity index is 2.09. The van der Waals surface area contributed by atoms with Crippen LogP contribution >= 0.6 is 31.9 Å². The van der Waals surface area contributed by atoms with Gasteiger partial charge < -0.3 is 0 Å². The summed E-state index contributed by atoms with van der Waals surface area (Å²) in [5, 5.41) is 1.03. The van der Waals surface area contributed by atoms with Gasteiger partial charge in [0.25, 0.3) is 0 Å². The van der Waals surface area contributed by atoms with Crippen LogP contribution in [0.1, 0.15) is 22.3 Å². The molecule has 0 radical (unpaired) electrons. The van der Waals surface area contributed by atoms with Gasteiger partial charge in [0.15, 0.2) is 0 Å². The van der Waals surface area contributed by atoms with Gasteiger partial charge in [0.2, 0.25) is 0 Å². The minimum Gasteiger partial charge on any atom is -0.0925 e. The SMILES string of the molecule is Cc1ccc(CC(CBr)Cc2ccccc2Br)cc1C. The predicted molar refractivity (Wildman–Crippen MR) is 94.8 cm³/mol. The smallest absolute Gasteiger partial charge is 0.0207 e. The third kappa shape index (κ3) is 4.20. The third-order valence-corrected chi connectivity index (χ3v) is 5.47. The Bertz CT molecular complexity index is 575. The van der Waals surface area contributed by atoms with Crippen molar-refractivity contribution in [2.24, 2.45) is 5.92 Å². The molecule has 0 spiro atoms. The van der Waals surface area contributed by atoms with Crippen LogP contribution in [0.5, 0.6) is 0 Å². The molecule has 0 fully saturated rings. The van der Waals surface area contributed by atoms with E-state index in [1.165, 1.54) is 26.7 Å². The predicted octanol–water partition coefficient (Wildman–Crippen LogP) is 5.86. The molecule has 2 aromatic carbocycles. The van der Waals surface area contributed by atoms with Gasteiger partial charge in [0.05, 0.1) is 0 Å². The Morgan fingerprint density at radius 2 is 1.70 bits per heavy atom. The van der Waals surface area contributed by atoms with Crippen molar-refractivity contribution in [2.45, 2.75) is 26.7 Å². The lowest BCUT2D eigenvalue weighted by Crippen LogP contribution is -2.10. The molecule has 2 heteroatoms. The van der Waals surface area contributed by atoms with E-state index >= 15 is 0 Å². The van der Waals surface area contributed by atoms with Crippen molar-refractivity contribution in [2.75, 3.05) is 5.33 Å². The van der Waals surface area contributed by atoms with Gasteiger partial charge in [-0.2, -0.15) is 0 Å². The molecule has 0 aliphatic rings. The Hall–Kier alpha value is -0.600. The average molecular weight is 396 g/mol. The topological polar surface area (TPSA) is 0 Å². The molecule has 1 unspecified atom stereocenters. The van der Waals surface area contributed by atoms with Gasteiger partial charge in [-0.15, -0.1) is 0 Å². The summed E-state index contributed by atoms with van der Waals surface area (Å²) in [7, 11) is 0. The van der Waals surface area contributed by atoms with Gasteiger partial charge in [-0.3, -0.25) is 0 Å². The van der Waals surface area contributed by atoms with E-state index in [9.17, 15) is 0 Å². The summed E-state index contributed by atoms with van der Waals surface area (Å²) in [4.78, 5) is 0. The van der Waals surface area contributed by atoms with Crippen LogP contribution in [0.2, 0.25) is 0 Å². The fraction of sp³-hybridized carbons (Fsp3) is 0.333. The van der Waals surface area contributed by atoms with Crippen LogP contribution in [0.15, 0.2) is 46.9 Å². The largest absolute Gasteiger partial charge is 0.0925 e. The molecule has 0 nitrogen and oxygen atoms in total. The van der Waals surface area contributed by atoms with E-state index in [0.29, 0.717) is 5.92 Å². The van der Waals surface area contributed by atoms with Crippen molar-refractivity contribution in [1.82, 2.24) is 0 Å². The van der Waals surface area contributed by atoms with Gasteiger partial charge in [-0.05, 0) is 60.9 Å². The lowest BCUT2D eigenvalue weighted by atomic mass is 9.93. The average Bonchev–Trinajstić information content (AvgIpc) is 2.44. The first-order chi connectivity index (χ1) is 9.60. The summed E-state index contributed by atoms with van der Waals surface area (Å²) in [5.74, 6) is 0.621. The first-order valence-electron chi connectivity index (χ1n) is 6.95. The molecule has 0 amide bonds. The number of hydrogen-bond acceptors (Lipinski definition) is 0. The monoisotopic (exact) mass is 394 g/mol. The van der Waals surface area contributed by atoms with Crippen LogP contribution in [-0.2, 0) is 12.8 Å². The minimum atomic E-state index is 0.621. The molecular formula is C18H20Br2. The lowest BCUT2D eigenvalue weighted by molar-refractivity contribution is 0.590. The van der Waals surface area contributed by atoms with Crippen molar-refractivity contribution >= 4 is 31.9 Å². The molecule has 0 bridgehead atoms. The maximum Gasteiger partial charge on any atom is 0.0207 e. The summed E-state index contributed by atoms with van der Waals surface area (Å²) in [6.07, 6.45) is 2.22. The molecule has 2 aromatic rings. The van der Waals surface area contributed by atoms with Crippen molar-refractivity contribution in [3.63, 3.8) is 0 Å². The molecule has 0 aliphatic heterocycles. The van der Waals surface area contributed by atoms with Gasteiger partial charge in [0, 0.05) is 9.80 Å². The first-order valence-corrected chi connectivity index (χ1v) is 8.87. The molecule has 0 heterocycles. The number of alkyl halides is 1. The Morgan fingerprint density at radius 3 is 2.35 bits per heavy atom. The highest BCUT2D eigenvalue weighted by atomic mass is 79.9. The maximum absolute atomic E-state index is 3.67. The molecular weight excluding hydrogens is 376 g/mol. The van der Waals surface area contributed by atoms with Crippen molar-refractivity contribution in [3.05, 3.63) is 69.2 Å². The van der Waals surface area contributed by atoms with Crippen molar-refractivity contribution in [1.29, 1.82) is 0 Å². The van der Waals surface area contributed by atoms with E-state index in [1.807, 2.05) is 0 Å². The molecule has 2 rings (SSSR count). The van der Waals surface area contributed by atoms with E-state index in [2.05, 4.69) is 88.2 Å². The quantitative estimate of drug-likeness (QED) is 0.556. The Morgan fingerprint density at radius 1 is 0.950 bits per heavy atom. The van der Waals surface area contributed by atoms with E-state index in [4.69, 9.17) is 0 Å². The van der Waals surface area contributed by atoms with Crippen molar-refractivity contribution < 1.29 is 0 Å². The van der Waals surface area contributed by atoms with E-state index < -0.39 is 0 Å². The zero-order valence-electron chi connectivity index (χ0n) is 12.0. The molecule has 20 heavy (non-hydrogen) atoms. The van der Waals surface area contributed by atoms with E-state index in [-0.39, 0.29) is 0 Å². The number of benzene rings is 2. The summed E-state index contributed by atoms with van der Waals surface area (Å²) in [6, 6.07) is 15.3. The second-order valence-electron chi connectivity index (χ2n) is 5.44. The summed E-state index contributed by atoms with van der Waals surface area (Å²) < 4.78 is 1.21. The Kier molecular flexibility index (Phi) is 5.86. The fourth-order valence-corrected chi connectivity index (χ4v) is 3.32. The standard InChI is InChI=1S/C18H20Br2/c1-13-7-8-15(9-14(13)2)10-16(12-19)11-17-5-3-4-6-18(17)20/h3-9,16H,10-12H2,1-2H3. The summed E-state index contributed by atoms with van der Waals surface area (Å²) in [5.41, 5.74) is 5.58. The van der Waals surface area contributed by atoms with Gasteiger partial charge >= 0.3 is 0 Å². The van der Waals surface area contributed by atoms with Crippen molar-refractivity contribution in [3.8, 4) is 0 Å². The van der Waals surface area contributed by atoms with Crippen LogP contribution in [0, 0.1) is 19.8 Å². The van der Waals surface area contributed by atoms with Crippen LogP contribution in [0.25, 0.3) is 0 Å². The van der Waals surface area contributed by atoms with Crippen LogP contribution < -0.4 is 0 Å². The number of hydrogen-bond donors (Lipinski definition) is 0. The fourth-order valence-electron chi connectivity index (χ4n) is 2.42. The highest BCUT2D eigenvalue weighted by molar-refractivity contribution is 9.10. The molecule has 0 N–H and O–H groups in total. The molecule has 106 valence electrons. The molecule has 0 saturated heterocycles. The molecule has 1 atom stereocenters. The summed E-state index contributed by atoms with van der Waals surface area (Å²) >= 11 is 7.32. The zero-order valence-corrected chi connectivity index (χ0v) is 15.2. The maximum atomic E-state index is 3.67. The normalized spacial score (nSPS) is 12.4. The van der Waals surface area contributed by atoms with Gasteiger partial charge in [-0.25, -0.2) is 0 Å².